The highest BCUT2D eigenvalue weighted by atomic mass is 16.5. The first-order valence-corrected chi connectivity index (χ1v) is 6.25. The van der Waals surface area contributed by atoms with Gasteiger partial charge in [-0.1, -0.05) is 0 Å². The van der Waals surface area contributed by atoms with E-state index in [2.05, 4.69) is 14.9 Å². The fourth-order valence-corrected chi connectivity index (χ4v) is 2.23. The van der Waals surface area contributed by atoms with Gasteiger partial charge in [-0.2, -0.15) is 4.98 Å². The fraction of sp³-hybridized carbons (Fsp3) is 0.667. The molecule has 0 radical (unpaired) electrons. The average molecular weight is 252 g/mol. The van der Waals surface area contributed by atoms with Crippen LogP contribution in [-0.2, 0) is 4.74 Å². The molecule has 2 N–H and O–H groups in total. The third kappa shape index (κ3) is 2.64. The van der Waals surface area contributed by atoms with E-state index < -0.39 is 0 Å². The Kier molecular flexibility index (Phi) is 3.86. The second-order valence-corrected chi connectivity index (χ2v) is 4.51. The maximum Gasteiger partial charge on any atom is 0.242 e. The van der Waals surface area contributed by atoms with Crippen LogP contribution in [0.15, 0.2) is 6.33 Å². The smallest absolute Gasteiger partial charge is 0.242 e. The van der Waals surface area contributed by atoms with Gasteiger partial charge in [0, 0.05) is 13.1 Å². The number of rotatable bonds is 3. The molecule has 6 heteroatoms. The van der Waals surface area contributed by atoms with Crippen LogP contribution in [0.4, 0.5) is 11.5 Å². The third-order valence-corrected chi connectivity index (χ3v) is 2.83. The Morgan fingerprint density at radius 3 is 2.67 bits per heavy atom. The number of anilines is 2. The predicted molar refractivity (Wildman–Crippen MR) is 69.8 cm³/mol. The molecule has 6 nitrogen and oxygen atoms in total. The van der Waals surface area contributed by atoms with E-state index in [1.54, 1.807) is 0 Å². The van der Waals surface area contributed by atoms with Crippen molar-refractivity contribution in [1.29, 1.82) is 0 Å². The largest absolute Gasteiger partial charge is 0.476 e. The van der Waals surface area contributed by atoms with Crippen molar-refractivity contribution in [2.24, 2.45) is 0 Å². The summed E-state index contributed by atoms with van der Waals surface area (Å²) in [6.45, 7) is 8.08. The molecule has 0 saturated carbocycles. The molecule has 0 amide bonds. The summed E-state index contributed by atoms with van der Waals surface area (Å²) >= 11 is 0. The zero-order chi connectivity index (χ0) is 13.1. The Hall–Kier alpha value is -1.56. The second-order valence-electron chi connectivity index (χ2n) is 4.51. The third-order valence-electron chi connectivity index (χ3n) is 2.83. The van der Waals surface area contributed by atoms with Gasteiger partial charge in [-0.3, -0.25) is 0 Å². The van der Waals surface area contributed by atoms with Crippen molar-refractivity contribution < 1.29 is 9.47 Å². The van der Waals surface area contributed by atoms with Gasteiger partial charge in [0.1, 0.15) is 12.0 Å². The van der Waals surface area contributed by atoms with Gasteiger partial charge in [0.25, 0.3) is 0 Å². The summed E-state index contributed by atoms with van der Waals surface area (Å²) < 4.78 is 11.1. The summed E-state index contributed by atoms with van der Waals surface area (Å²) in [6, 6.07) is 0. The van der Waals surface area contributed by atoms with Gasteiger partial charge >= 0.3 is 0 Å². The van der Waals surface area contributed by atoms with Gasteiger partial charge in [0.2, 0.25) is 5.88 Å². The van der Waals surface area contributed by atoms with E-state index in [4.69, 9.17) is 15.2 Å². The van der Waals surface area contributed by atoms with Gasteiger partial charge in [0.05, 0.1) is 18.8 Å². The number of morpholine rings is 1. The Bertz CT molecular complexity index is 403. The van der Waals surface area contributed by atoms with Crippen LogP contribution in [0.2, 0.25) is 0 Å². The van der Waals surface area contributed by atoms with Crippen molar-refractivity contribution in [1.82, 2.24) is 9.97 Å². The highest BCUT2D eigenvalue weighted by molar-refractivity contribution is 5.67. The van der Waals surface area contributed by atoms with E-state index in [1.807, 2.05) is 20.8 Å². The molecule has 1 aromatic heterocycles. The quantitative estimate of drug-likeness (QED) is 0.867. The van der Waals surface area contributed by atoms with Crippen LogP contribution in [0.3, 0.4) is 0 Å². The lowest BCUT2D eigenvalue weighted by Gasteiger charge is -2.36. The van der Waals surface area contributed by atoms with E-state index >= 15 is 0 Å². The number of ether oxygens (including phenoxy) is 2. The predicted octanol–water partition coefficient (Wildman–Crippen LogP) is 1.07. The van der Waals surface area contributed by atoms with Gasteiger partial charge in [0.15, 0.2) is 5.82 Å². The maximum absolute atomic E-state index is 6.06. The average Bonchev–Trinajstić information content (AvgIpc) is 2.31. The molecule has 2 atom stereocenters. The Balaban J connectivity index is 2.24. The Labute approximate surface area is 107 Å². The Morgan fingerprint density at radius 1 is 1.39 bits per heavy atom. The molecule has 0 spiro atoms. The summed E-state index contributed by atoms with van der Waals surface area (Å²) in [7, 11) is 0. The minimum Gasteiger partial charge on any atom is -0.476 e. The first-order chi connectivity index (χ1) is 8.61. The SMILES string of the molecule is CCOc1ncnc(N2C[C@@H](C)O[C@@H](C)C2)c1N. The zero-order valence-electron chi connectivity index (χ0n) is 11.1. The molecule has 0 unspecified atom stereocenters. The number of nitrogens with zero attached hydrogens (tertiary/aromatic N) is 3. The molecule has 18 heavy (non-hydrogen) atoms. The lowest BCUT2D eigenvalue weighted by Crippen LogP contribution is -2.46. The van der Waals surface area contributed by atoms with E-state index in [0.29, 0.717) is 18.2 Å². The topological polar surface area (TPSA) is 73.5 Å². The summed E-state index contributed by atoms with van der Waals surface area (Å²) in [5.41, 5.74) is 6.56. The lowest BCUT2D eigenvalue weighted by molar-refractivity contribution is -0.00543. The van der Waals surface area contributed by atoms with Crippen LogP contribution in [0.25, 0.3) is 0 Å². The van der Waals surface area contributed by atoms with Gasteiger partial charge in [-0.25, -0.2) is 4.98 Å². The molecule has 1 aliphatic heterocycles. The van der Waals surface area contributed by atoms with Crippen molar-refractivity contribution in [3.05, 3.63) is 6.33 Å². The summed E-state index contributed by atoms with van der Waals surface area (Å²) in [6.07, 6.45) is 1.82. The molecule has 100 valence electrons. The van der Waals surface area contributed by atoms with Crippen molar-refractivity contribution in [2.75, 3.05) is 30.3 Å². The molecule has 2 heterocycles. The number of hydrogen-bond donors (Lipinski definition) is 1. The van der Waals surface area contributed by atoms with Crippen molar-refractivity contribution in [3.8, 4) is 5.88 Å². The second kappa shape index (κ2) is 5.39. The molecule has 1 aromatic rings. The molecular formula is C12H20N4O2. The first kappa shape index (κ1) is 12.9. The minimum atomic E-state index is 0.165. The van der Waals surface area contributed by atoms with Gasteiger partial charge in [-0.05, 0) is 20.8 Å². The highest BCUT2D eigenvalue weighted by Gasteiger charge is 2.25. The molecule has 1 aliphatic rings. The minimum absolute atomic E-state index is 0.165. The highest BCUT2D eigenvalue weighted by Crippen LogP contribution is 2.29. The van der Waals surface area contributed by atoms with Crippen molar-refractivity contribution >= 4 is 11.5 Å². The summed E-state index contributed by atoms with van der Waals surface area (Å²) in [5.74, 6) is 1.18. The Morgan fingerprint density at radius 2 is 2.06 bits per heavy atom. The zero-order valence-corrected chi connectivity index (χ0v) is 11.1. The monoisotopic (exact) mass is 252 g/mol. The van der Waals surface area contributed by atoms with Crippen LogP contribution in [0.5, 0.6) is 5.88 Å². The number of aromatic nitrogens is 2. The molecule has 1 saturated heterocycles. The number of nitrogens with two attached hydrogens (primary N) is 1. The number of hydrogen-bond acceptors (Lipinski definition) is 6. The van der Waals surface area contributed by atoms with E-state index in [-0.39, 0.29) is 12.2 Å². The van der Waals surface area contributed by atoms with Crippen LogP contribution in [0, 0.1) is 0 Å². The summed E-state index contributed by atoms with van der Waals surface area (Å²) in [4.78, 5) is 10.4. The van der Waals surface area contributed by atoms with Crippen LogP contribution in [0.1, 0.15) is 20.8 Å². The standard InChI is InChI=1S/C12H20N4O2/c1-4-17-12-10(13)11(14-7-15-12)16-5-8(2)18-9(3)6-16/h7-9H,4-6,13H2,1-3H3/t8-,9+. The van der Waals surface area contributed by atoms with Crippen LogP contribution < -0.4 is 15.4 Å². The summed E-state index contributed by atoms with van der Waals surface area (Å²) in [5, 5.41) is 0. The lowest BCUT2D eigenvalue weighted by atomic mass is 10.2. The molecular weight excluding hydrogens is 232 g/mol. The van der Waals surface area contributed by atoms with Gasteiger partial charge < -0.3 is 20.1 Å². The van der Waals surface area contributed by atoms with Crippen molar-refractivity contribution in [2.45, 2.75) is 33.0 Å². The van der Waals surface area contributed by atoms with Crippen LogP contribution in [-0.4, -0.2) is 41.9 Å². The van der Waals surface area contributed by atoms with Crippen molar-refractivity contribution in [3.63, 3.8) is 0 Å². The molecule has 2 rings (SSSR count). The normalized spacial score (nSPS) is 24.1. The molecule has 0 bridgehead atoms. The molecule has 1 fully saturated rings. The van der Waals surface area contributed by atoms with E-state index in [9.17, 15) is 0 Å². The first-order valence-electron chi connectivity index (χ1n) is 6.25. The van der Waals surface area contributed by atoms with Crippen LogP contribution >= 0.6 is 0 Å². The number of nitrogen functional groups attached to an aromatic ring is 1. The fourth-order valence-electron chi connectivity index (χ4n) is 2.23. The molecule has 0 aromatic carbocycles. The maximum atomic E-state index is 6.06. The van der Waals surface area contributed by atoms with E-state index in [1.165, 1.54) is 6.33 Å². The van der Waals surface area contributed by atoms with Gasteiger partial charge in [-0.15, -0.1) is 0 Å². The molecule has 0 aliphatic carbocycles. The van der Waals surface area contributed by atoms with E-state index in [0.717, 1.165) is 18.9 Å².